The fourth-order valence-electron chi connectivity index (χ4n) is 3.88. The van der Waals surface area contributed by atoms with Gasteiger partial charge in [-0.3, -0.25) is 9.69 Å². The third-order valence-electron chi connectivity index (χ3n) is 5.95. The van der Waals surface area contributed by atoms with Gasteiger partial charge in [-0.15, -0.1) is 0 Å². The normalized spacial score (nSPS) is 14.5. The van der Waals surface area contributed by atoms with Crippen molar-refractivity contribution >= 4 is 5.91 Å². The van der Waals surface area contributed by atoms with Crippen molar-refractivity contribution in [3.8, 4) is 17.6 Å². The molecule has 39 heavy (non-hydrogen) atoms. The molecule has 5 nitrogen and oxygen atoms in total. The van der Waals surface area contributed by atoms with Gasteiger partial charge >= 0.3 is 12.4 Å². The number of ether oxygens (including phenoxy) is 1. The maximum Gasteiger partial charge on any atom is 0.422 e. The first kappa shape index (κ1) is 28.0. The predicted molar refractivity (Wildman–Crippen MR) is 131 cm³/mol. The molecule has 0 saturated carbocycles. The Morgan fingerprint density at radius 2 is 1.51 bits per heavy atom. The summed E-state index contributed by atoms with van der Waals surface area (Å²) in [5.41, 5.74) is 1.37. The lowest BCUT2D eigenvalue weighted by Gasteiger charge is -2.34. The maximum atomic E-state index is 12.9. The Morgan fingerprint density at radius 1 is 0.846 bits per heavy atom. The molecule has 3 aromatic rings. The number of carbonyl (C=O) groups excluding carboxylic acids is 1. The van der Waals surface area contributed by atoms with Crippen LogP contribution in [-0.4, -0.2) is 59.7 Å². The lowest BCUT2D eigenvalue weighted by atomic mass is 10.1. The number of aromatic nitrogens is 1. The van der Waals surface area contributed by atoms with Gasteiger partial charge in [-0.1, -0.05) is 18.1 Å². The molecule has 11 heteroatoms. The van der Waals surface area contributed by atoms with Crippen molar-refractivity contribution in [2.24, 2.45) is 0 Å². The van der Waals surface area contributed by atoms with Crippen LogP contribution >= 0.6 is 0 Å². The fourth-order valence-corrected chi connectivity index (χ4v) is 3.88. The van der Waals surface area contributed by atoms with Crippen LogP contribution in [0.5, 0.6) is 5.75 Å². The fraction of sp³-hybridized carbons (Fsp3) is 0.286. The van der Waals surface area contributed by atoms with Crippen LogP contribution in [-0.2, 0) is 12.7 Å². The number of hydrogen-bond donors (Lipinski definition) is 0. The van der Waals surface area contributed by atoms with E-state index < -0.39 is 24.5 Å². The van der Waals surface area contributed by atoms with Crippen molar-refractivity contribution < 1.29 is 35.9 Å². The largest absolute Gasteiger partial charge is 0.484 e. The Balaban J connectivity index is 1.26. The molecule has 0 bridgehead atoms. The van der Waals surface area contributed by atoms with Crippen molar-refractivity contribution in [2.75, 3.05) is 32.8 Å². The first-order chi connectivity index (χ1) is 18.5. The molecule has 1 aromatic heterocycles. The van der Waals surface area contributed by atoms with Gasteiger partial charge in [0.2, 0.25) is 0 Å². The molecule has 1 fully saturated rings. The molecule has 2 aromatic carbocycles. The third-order valence-corrected chi connectivity index (χ3v) is 5.95. The Kier molecular flexibility index (Phi) is 8.45. The van der Waals surface area contributed by atoms with Crippen molar-refractivity contribution in [1.29, 1.82) is 0 Å². The molecule has 0 N–H and O–H groups in total. The van der Waals surface area contributed by atoms with Gasteiger partial charge in [0.05, 0.1) is 11.1 Å². The van der Waals surface area contributed by atoms with Gasteiger partial charge in [-0.25, -0.2) is 4.98 Å². The lowest BCUT2D eigenvalue weighted by Crippen LogP contribution is -2.48. The minimum atomic E-state index is -4.41. The summed E-state index contributed by atoms with van der Waals surface area (Å²) in [4.78, 5) is 20.9. The van der Waals surface area contributed by atoms with E-state index in [1.807, 2.05) is 0 Å². The number of rotatable bonds is 5. The predicted octanol–water partition coefficient (Wildman–Crippen LogP) is 5.40. The van der Waals surface area contributed by atoms with Crippen molar-refractivity contribution in [3.63, 3.8) is 0 Å². The number of nitrogens with zero attached hydrogens (tertiary/aromatic N) is 3. The Labute approximate surface area is 221 Å². The number of benzene rings is 2. The molecular formula is C28H23F6N3O2. The first-order valence-electron chi connectivity index (χ1n) is 11.9. The van der Waals surface area contributed by atoms with Crippen LogP contribution in [0, 0.1) is 11.8 Å². The van der Waals surface area contributed by atoms with Crippen LogP contribution in [0.4, 0.5) is 26.3 Å². The summed E-state index contributed by atoms with van der Waals surface area (Å²) < 4.78 is 79.6. The smallest absolute Gasteiger partial charge is 0.422 e. The highest BCUT2D eigenvalue weighted by Crippen LogP contribution is 2.29. The van der Waals surface area contributed by atoms with Gasteiger partial charge < -0.3 is 9.64 Å². The molecule has 0 unspecified atom stereocenters. The highest BCUT2D eigenvalue weighted by Gasteiger charge is 2.30. The van der Waals surface area contributed by atoms with Gasteiger partial charge in [-0.05, 0) is 60.0 Å². The summed E-state index contributed by atoms with van der Waals surface area (Å²) in [6, 6.07) is 14.2. The molecule has 4 rings (SSSR count). The van der Waals surface area contributed by atoms with E-state index in [0.29, 0.717) is 49.5 Å². The summed E-state index contributed by atoms with van der Waals surface area (Å²) in [6.45, 7) is 1.51. The lowest BCUT2D eigenvalue weighted by molar-refractivity contribution is -0.153. The molecule has 1 aliphatic rings. The SMILES string of the molecule is O=C(c1ccc(C#Cc2ccc(C(F)(F)F)cc2)nc1)N1CCN(Cc2ccc(OCC(F)(F)F)cc2)CC1. The van der Waals surface area contributed by atoms with Crippen LogP contribution in [0.2, 0.25) is 0 Å². The molecular weight excluding hydrogens is 524 g/mol. The van der Waals surface area contributed by atoms with Gasteiger partial charge in [0.1, 0.15) is 11.4 Å². The molecule has 0 atom stereocenters. The molecule has 1 saturated heterocycles. The van der Waals surface area contributed by atoms with E-state index in [4.69, 9.17) is 4.74 Å². The Bertz CT molecular complexity index is 1320. The van der Waals surface area contributed by atoms with Crippen LogP contribution < -0.4 is 4.74 Å². The zero-order chi connectivity index (χ0) is 28.0. The quantitative estimate of drug-likeness (QED) is 0.317. The summed E-state index contributed by atoms with van der Waals surface area (Å²) in [7, 11) is 0. The van der Waals surface area contributed by atoms with E-state index in [-0.39, 0.29) is 11.7 Å². The third kappa shape index (κ3) is 8.22. The van der Waals surface area contributed by atoms with Gasteiger partial charge in [-0.2, -0.15) is 26.3 Å². The van der Waals surface area contributed by atoms with Gasteiger partial charge in [0.25, 0.3) is 5.91 Å². The Morgan fingerprint density at radius 3 is 2.08 bits per heavy atom. The summed E-state index contributed by atoms with van der Waals surface area (Å²) in [6.07, 6.45) is -7.37. The standard InChI is InChI=1S/C28H23F6N3O2/c29-27(30,31)19-39-25-11-4-21(5-12-25)18-36-13-15-37(16-14-36)26(38)22-6-10-24(35-17-22)9-3-20-1-7-23(8-2-20)28(32,33)34/h1-2,4-8,10-12,17H,13-16,18-19H2. The van der Waals surface area contributed by atoms with E-state index in [9.17, 15) is 31.1 Å². The minimum Gasteiger partial charge on any atom is -0.484 e. The van der Waals surface area contributed by atoms with Crippen LogP contribution in [0.3, 0.4) is 0 Å². The van der Waals surface area contributed by atoms with Crippen LogP contribution in [0.1, 0.15) is 32.7 Å². The van der Waals surface area contributed by atoms with E-state index in [1.165, 1.54) is 30.5 Å². The molecule has 0 radical (unpaired) electrons. The number of amides is 1. The second-order valence-corrected chi connectivity index (χ2v) is 8.87. The van der Waals surface area contributed by atoms with E-state index in [0.717, 1.165) is 17.7 Å². The second kappa shape index (κ2) is 11.8. The molecule has 0 aliphatic carbocycles. The zero-order valence-electron chi connectivity index (χ0n) is 20.5. The number of halogens is 6. The molecule has 1 amide bonds. The van der Waals surface area contributed by atoms with Gasteiger partial charge in [0.15, 0.2) is 6.61 Å². The van der Waals surface area contributed by atoms with Crippen molar-refractivity contribution in [1.82, 2.24) is 14.8 Å². The number of hydrogen-bond acceptors (Lipinski definition) is 4. The highest BCUT2D eigenvalue weighted by molar-refractivity contribution is 5.94. The summed E-state index contributed by atoms with van der Waals surface area (Å²) >= 11 is 0. The van der Waals surface area contributed by atoms with Gasteiger partial charge in [0, 0.05) is 44.5 Å². The molecule has 0 spiro atoms. The summed E-state index contributed by atoms with van der Waals surface area (Å²) in [5.74, 6) is 5.52. The Hall–Kier alpha value is -4.04. The number of piperazine rings is 1. The second-order valence-electron chi connectivity index (χ2n) is 8.87. The van der Waals surface area contributed by atoms with E-state index in [1.54, 1.807) is 29.2 Å². The van der Waals surface area contributed by atoms with E-state index >= 15 is 0 Å². The minimum absolute atomic E-state index is 0.150. The van der Waals surface area contributed by atoms with Crippen molar-refractivity contribution in [2.45, 2.75) is 18.9 Å². The average molecular weight is 547 g/mol. The number of carbonyl (C=O) groups is 1. The van der Waals surface area contributed by atoms with E-state index in [2.05, 4.69) is 21.7 Å². The van der Waals surface area contributed by atoms with Crippen molar-refractivity contribution in [3.05, 3.63) is 94.8 Å². The topological polar surface area (TPSA) is 45.7 Å². The maximum absolute atomic E-state index is 12.9. The molecule has 1 aliphatic heterocycles. The van der Waals surface area contributed by atoms with Crippen LogP contribution in [0.25, 0.3) is 0 Å². The monoisotopic (exact) mass is 547 g/mol. The number of alkyl halides is 6. The average Bonchev–Trinajstić information content (AvgIpc) is 2.91. The zero-order valence-corrected chi connectivity index (χ0v) is 20.5. The van der Waals surface area contributed by atoms with Crippen LogP contribution in [0.15, 0.2) is 66.9 Å². The summed E-state index contributed by atoms with van der Waals surface area (Å²) in [5, 5.41) is 0. The first-order valence-corrected chi connectivity index (χ1v) is 11.9. The molecule has 204 valence electrons. The number of pyridine rings is 1. The highest BCUT2D eigenvalue weighted by atomic mass is 19.4. The molecule has 2 heterocycles.